The lowest BCUT2D eigenvalue weighted by Crippen LogP contribution is -2.51. The van der Waals surface area contributed by atoms with Crippen molar-refractivity contribution in [3.05, 3.63) is 62.8 Å². The quantitative estimate of drug-likeness (QED) is 0.487. The highest BCUT2D eigenvalue weighted by molar-refractivity contribution is 7.92. The summed E-state index contributed by atoms with van der Waals surface area (Å²) in [5, 5.41) is 2.78. The van der Waals surface area contributed by atoms with E-state index in [-0.39, 0.29) is 27.3 Å². The zero-order valence-electron chi connectivity index (χ0n) is 18.1. The molecule has 0 bridgehead atoms. The van der Waals surface area contributed by atoms with Gasteiger partial charge in [0.05, 0.1) is 27.0 Å². The van der Waals surface area contributed by atoms with Crippen molar-refractivity contribution >= 4 is 62.3 Å². The van der Waals surface area contributed by atoms with Gasteiger partial charge in [-0.3, -0.25) is 13.9 Å². The molecule has 7 nitrogen and oxygen atoms in total. The molecule has 0 aliphatic carbocycles. The van der Waals surface area contributed by atoms with E-state index in [1.807, 2.05) is 0 Å². The summed E-state index contributed by atoms with van der Waals surface area (Å²) in [6.07, 6.45) is 0.913. The van der Waals surface area contributed by atoms with Crippen LogP contribution in [0.25, 0.3) is 0 Å². The minimum absolute atomic E-state index is 0.0236. The number of benzene rings is 2. The molecular formula is C21H23Cl3FN3O4S. The van der Waals surface area contributed by atoms with Crippen molar-refractivity contribution in [1.82, 2.24) is 10.2 Å². The minimum atomic E-state index is -3.98. The van der Waals surface area contributed by atoms with E-state index in [2.05, 4.69) is 5.32 Å². The number of sulfonamides is 1. The van der Waals surface area contributed by atoms with Crippen LogP contribution in [0.5, 0.6) is 0 Å². The monoisotopic (exact) mass is 537 g/mol. The number of halogens is 4. The van der Waals surface area contributed by atoms with Crippen LogP contribution < -0.4 is 9.62 Å². The fourth-order valence-corrected chi connectivity index (χ4v) is 4.54. The average Bonchev–Trinajstić information content (AvgIpc) is 2.73. The van der Waals surface area contributed by atoms with Gasteiger partial charge in [-0.2, -0.15) is 0 Å². The molecule has 0 aliphatic rings. The summed E-state index contributed by atoms with van der Waals surface area (Å²) in [6, 6.07) is 7.00. The highest BCUT2D eigenvalue weighted by atomic mass is 35.5. The second kappa shape index (κ2) is 11.4. The molecule has 1 N–H and O–H groups in total. The molecule has 0 saturated heterocycles. The van der Waals surface area contributed by atoms with Gasteiger partial charge in [0.25, 0.3) is 0 Å². The van der Waals surface area contributed by atoms with E-state index in [9.17, 15) is 22.4 Å². The van der Waals surface area contributed by atoms with Gasteiger partial charge in [-0.15, -0.1) is 0 Å². The van der Waals surface area contributed by atoms with Gasteiger partial charge in [0.2, 0.25) is 21.8 Å². The van der Waals surface area contributed by atoms with Gasteiger partial charge in [0, 0.05) is 13.1 Å². The van der Waals surface area contributed by atoms with E-state index < -0.39 is 40.2 Å². The molecule has 0 radical (unpaired) electrons. The largest absolute Gasteiger partial charge is 0.355 e. The van der Waals surface area contributed by atoms with Crippen LogP contribution in [-0.2, 0) is 26.2 Å². The molecule has 2 aromatic rings. The number of nitrogens with one attached hydrogen (secondary N) is 1. The highest BCUT2D eigenvalue weighted by Gasteiger charge is 2.31. The summed E-state index contributed by atoms with van der Waals surface area (Å²) in [5.74, 6) is -1.55. The number of anilines is 1. The number of nitrogens with zero attached hydrogens (tertiary/aromatic N) is 2. The number of likely N-dealkylation sites (N-methyl/N-ethyl adjacent to an activating group) is 1. The van der Waals surface area contributed by atoms with Crippen LogP contribution >= 0.6 is 34.8 Å². The van der Waals surface area contributed by atoms with Gasteiger partial charge in [0.1, 0.15) is 18.4 Å². The van der Waals surface area contributed by atoms with Crippen molar-refractivity contribution in [1.29, 1.82) is 0 Å². The van der Waals surface area contributed by atoms with Crippen molar-refractivity contribution in [2.24, 2.45) is 0 Å². The maximum absolute atomic E-state index is 13.3. The summed E-state index contributed by atoms with van der Waals surface area (Å²) in [6.45, 7) is 2.89. The van der Waals surface area contributed by atoms with Crippen LogP contribution in [0.3, 0.4) is 0 Å². The topological polar surface area (TPSA) is 86.8 Å². The van der Waals surface area contributed by atoms with E-state index in [1.165, 1.54) is 48.2 Å². The molecule has 180 valence electrons. The predicted molar refractivity (Wildman–Crippen MR) is 129 cm³/mol. The Hall–Kier alpha value is -2.07. The molecule has 0 spiro atoms. The second-order valence-electron chi connectivity index (χ2n) is 7.21. The maximum atomic E-state index is 13.3. The number of carbonyl (C=O) groups excluding carboxylic acids is 2. The number of rotatable bonds is 9. The zero-order valence-corrected chi connectivity index (χ0v) is 21.2. The van der Waals surface area contributed by atoms with Crippen molar-refractivity contribution < 1.29 is 22.4 Å². The first-order chi connectivity index (χ1) is 15.3. The number of hydrogen-bond acceptors (Lipinski definition) is 4. The number of carbonyl (C=O) groups is 2. The SMILES string of the molecule is CCNC(=O)C(C)N(Cc1ccc(F)cc1)C(=O)CN(c1cc(Cl)c(Cl)cc1Cl)S(C)(=O)=O. The Labute approximate surface area is 207 Å². The highest BCUT2D eigenvalue weighted by Crippen LogP contribution is 2.35. The molecule has 2 amide bonds. The molecule has 33 heavy (non-hydrogen) atoms. The lowest BCUT2D eigenvalue weighted by Gasteiger charge is -2.31. The molecule has 0 aromatic heterocycles. The Morgan fingerprint density at radius 2 is 1.64 bits per heavy atom. The molecule has 0 saturated carbocycles. The molecule has 2 rings (SSSR count). The molecule has 0 fully saturated rings. The standard InChI is InChI=1S/C21H23Cl3FN3O4S/c1-4-26-21(30)13(2)27(11-14-5-7-15(25)8-6-14)20(29)12-28(33(3,31)32)19-10-17(23)16(22)9-18(19)24/h5-10,13H,4,11-12H2,1-3H3,(H,26,30). The lowest BCUT2D eigenvalue weighted by molar-refractivity contribution is -0.139. The average molecular weight is 539 g/mol. The Kier molecular flexibility index (Phi) is 9.37. The van der Waals surface area contributed by atoms with E-state index in [4.69, 9.17) is 34.8 Å². The van der Waals surface area contributed by atoms with Crippen LogP contribution in [0, 0.1) is 5.82 Å². The van der Waals surface area contributed by atoms with E-state index in [0.29, 0.717) is 12.1 Å². The molecule has 1 unspecified atom stereocenters. The zero-order chi connectivity index (χ0) is 24.9. The molecular weight excluding hydrogens is 516 g/mol. The van der Waals surface area contributed by atoms with Crippen LogP contribution in [0.1, 0.15) is 19.4 Å². The van der Waals surface area contributed by atoms with Gasteiger partial charge in [-0.05, 0) is 43.7 Å². The van der Waals surface area contributed by atoms with Crippen molar-refractivity contribution in [3.63, 3.8) is 0 Å². The Balaban J connectivity index is 2.44. The second-order valence-corrected chi connectivity index (χ2v) is 10.3. The third-order valence-corrected chi connectivity index (χ3v) is 6.87. The van der Waals surface area contributed by atoms with Gasteiger partial charge >= 0.3 is 0 Å². The summed E-state index contributed by atoms with van der Waals surface area (Å²) < 4.78 is 39.2. The molecule has 2 aromatic carbocycles. The summed E-state index contributed by atoms with van der Waals surface area (Å²) >= 11 is 18.2. The first-order valence-corrected chi connectivity index (χ1v) is 12.8. The smallest absolute Gasteiger partial charge is 0.244 e. The van der Waals surface area contributed by atoms with Crippen LogP contribution in [-0.4, -0.2) is 50.5 Å². The number of hydrogen-bond donors (Lipinski definition) is 1. The van der Waals surface area contributed by atoms with Crippen LogP contribution in [0.15, 0.2) is 36.4 Å². The first kappa shape index (κ1) is 27.2. The van der Waals surface area contributed by atoms with Crippen molar-refractivity contribution in [2.75, 3.05) is 23.7 Å². The summed E-state index contributed by atoms with van der Waals surface area (Å²) in [7, 11) is -3.98. The van der Waals surface area contributed by atoms with Crippen molar-refractivity contribution in [3.8, 4) is 0 Å². The van der Waals surface area contributed by atoms with E-state index in [1.54, 1.807) is 6.92 Å². The molecule has 0 aliphatic heterocycles. The van der Waals surface area contributed by atoms with E-state index >= 15 is 0 Å². The van der Waals surface area contributed by atoms with Gasteiger partial charge < -0.3 is 10.2 Å². The third kappa shape index (κ3) is 7.20. The van der Waals surface area contributed by atoms with Crippen LogP contribution in [0.4, 0.5) is 10.1 Å². The third-order valence-electron chi connectivity index (χ3n) is 4.72. The summed E-state index contributed by atoms with van der Waals surface area (Å²) in [5.41, 5.74) is 0.522. The number of amides is 2. The Morgan fingerprint density at radius 1 is 1.06 bits per heavy atom. The fraction of sp³-hybridized carbons (Fsp3) is 0.333. The van der Waals surface area contributed by atoms with Gasteiger partial charge in [-0.25, -0.2) is 12.8 Å². The van der Waals surface area contributed by atoms with E-state index in [0.717, 1.165) is 10.6 Å². The predicted octanol–water partition coefficient (Wildman–Crippen LogP) is 4.11. The normalized spacial score (nSPS) is 12.2. The van der Waals surface area contributed by atoms with Gasteiger partial charge in [-0.1, -0.05) is 46.9 Å². The minimum Gasteiger partial charge on any atom is -0.355 e. The molecule has 1 atom stereocenters. The lowest BCUT2D eigenvalue weighted by atomic mass is 10.1. The maximum Gasteiger partial charge on any atom is 0.244 e. The first-order valence-electron chi connectivity index (χ1n) is 9.79. The Bertz CT molecular complexity index is 1130. The van der Waals surface area contributed by atoms with Crippen molar-refractivity contribution in [2.45, 2.75) is 26.4 Å². The van der Waals surface area contributed by atoms with Crippen LogP contribution in [0.2, 0.25) is 15.1 Å². The Morgan fingerprint density at radius 3 is 2.18 bits per heavy atom. The molecule has 12 heteroatoms. The summed E-state index contributed by atoms with van der Waals surface area (Å²) in [4.78, 5) is 27.0. The fourth-order valence-electron chi connectivity index (χ4n) is 2.99. The van der Waals surface area contributed by atoms with Gasteiger partial charge in [0.15, 0.2) is 0 Å². The molecule has 0 heterocycles.